The molecule has 7 nitrogen and oxygen atoms in total. The van der Waals surface area contributed by atoms with Crippen LogP contribution in [0.2, 0.25) is 0 Å². The molecule has 2 saturated heterocycles. The van der Waals surface area contributed by atoms with Crippen LogP contribution in [0.3, 0.4) is 0 Å². The number of amides is 1. The Morgan fingerprint density at radius 1 is 1.05 bits per heavy atom. The zero-order chi connectivity index (χ0) is 25.2. The molecule has 1 amide bonds. The lowest BCUT2D eigenvalue weighted by Crippen LogP contribution is -2.73. The highest BCUT2D eigenvalue weighted by atomic mass is 16.5. The van der Waals surface area contributed by atoms with Gasteiger partial charge in [-0.3, -0.25) is 14.7 Å². The molecule has 37 heavy (non-hydrogen) atoms. The molecule has 7 heteroatoms. The van der Waals surface area contributed by atoms with E-state index in [1.54, 1.807) is 12.3 Å². The molecule has 2 aromatic carbocycles. The second-order valence-corrected chi connectivity index (χ2v) is 11.0. The summed E-state index contributed by atoms with van der Waals surface area (Å²) in [6.45, 7) is 2.42. The van der Waals surface area contributed by atoms with Crippen LogP contribution in [0.1, 0.15) is 35.2 Å². The molecule has 4 aliphatic rings. The van der Waals surface area contributed by atoms with Crippen LogP contribution in [0.5, 0.6) is 11.5 Å². The Morgan fingerprint density at radius 2 is 1.89 bits per heavy atom. The molecule has 3 aromatic rings. The number of phenolic OH excluding ortho intramolecular Hbond substituents is 1. The molecule has 7 rings (SSSR count). The van der Waals surface area contributed by atoms with E-state index in [1.807, 2.05) is 35.2 Å². The van der Waals surface area contributed by atoms with Crippen LogP contribution in [0.4, 0.5) is 0 Å². The van der Waals surface area contributed by atoms with Crippen molar-refractivity contribution in [3.63, 3.8) is 0 Å². The van der Waals surface area contributed by atoms with Gasteiger partial charge in [0.05, 0.1) is 24.0 Å². The maximum Gasteiger partial charge on any atom is 0.228 e. The molecule has 4 heterocycles. The number of likely N-dealkylation sites (tertiary alicyclic amines) is 2. The zero-order valence-corrected chi connectivity index (χ0v) is 20.7. The van der Waals surface area contributed by atoms with Crippen LogP contribution in [-0.2, 0) is 29.6 Å². The van der Waals surface area contributed by atoms with E-state index in [1.165, 1.54) is 5.56 Å². The SMILES string of the molecule is O=C(Cc1ccccn1)N1CC[C@@]2(O)[C@H]3Cc4ccc(O)c5c4[C@@]2(CCN3Cc2ccccc2)[C@H](C1)O5. The summed E-state index contributed by atoms with van der Waals surface area (Å²) in [5, 5.41) is 23.5. The lowest BCUT2D eigenvalue weighted by molar-refractivity contribution is -0.163. The molecule has 190 valence electrons. The Labute approximate surface area is 216 Å². The molecular weight excluding hydrogens is 466 g/mol. The Morgan fingerprint density at radius 3 is 2.70 bits per heavy atom. The summed E-state index contributed by atoms with van der Waals surface area (Å²) in [6, 6.07) is 19.6. The molecule has 1 aliphatic carbocycles. The van der Waals surface area contributed by atoms with Gasteiger partial charge in [-0.15, -0.1) is 0 Å². The first kappa shape index (κ1) is 22.8. The van der Waals surface area contributed by atoms with Crippen molar-refractivity contribution in [2.45, 2.75) is 55.4 Å². The van der Waals surface area contributed by atoms with Gasteiger partial charge < -0.3 is 19.8 Å². The predicted molar refractivity (Wildman–Crippen MR) is 137 cm³/mol. The standard InChI is InChI=1S/C30H31N3O4/c34-23-10-9-21-16-24-30(36)12-15-33(26(35)17-22-8-4-5-13-31-22)19-25-29(30,27(21)28(23)37-25)11-14-32(24)18-20-6-2-1-3-7-20/h1-10,13,24-25,34,36H,11-12,14-19H2/t24-,25+,29-,30-/m1/s1. The number of carbonyl (C=O) groups is 1. The second kappa shape index (κ2) is 8.30. The van der Waals surface area contributed by atoms with E-state index in [0.29, 0.717) is 38.1 Å². The maximum atomic E-state index is 13.4. The molecule has 0 unspecified atom stereocenters. The number of aliphatic hydroxyl groups is 1. The fourth-order valence-corrected chi connectivity index (χ4v) is 7.56. The fourth-order valence-electron chi connectivity index (χ4n) is 7.56. The van der Waals surface area contributed by atoms with Gasteiger partial charge in [-0.05, 0) is 48.6 Å². The van der Waals surface area contributed by atoms with E-state index < -0.39 is 17.1 Å². The molecule has 1 aromatic heterocycles. The Balaban J connectivity index is 1.28. The number of hydrogen-bond acceptors (Lipinski definition) is 6. The molecular formula is C30H31N3O4. The van der Waals surface area contributed by atoms with Crippen molar-refractivity contribution in [1.82, 2.24) is 14.8 Å². The quantitative estimate of drug-likeness (QED) is 0.577. The summed E-state index contributed by atoms with van der Waals surface area (Å²) in [6.07, 6.45) is 3.36. The third-order valence-electron chi connectivity index (χ3n) is 9.24. The average Bonchev–Trinajstić information content (AvgIpc) is 3.17. The summed E-state index contributed by atoms with van der Waals surface area (Å²) in [7, 11) is 0. The highest BCUT2D eigenvalue weighted by Gasteiger charge is 2.71. The minimum absolute atomic E-state index is 0.0166. The van der Waals surface area contributed by atoms with Crippen molar-refractivity contribution in [2.75, 3.05) is 19.6 Å². The Kier molecular flexibility index (Phi) is 5.10. The van der Waals surface area contributed by atoms with Crippen molar-refractivity contribution in [3.8, 4) is 11.5 Å². The van der Waals surface area contributed by atoms with Crippen molar-refractivity contribution in [2.24, 2.45) is 0 Å². The van der Waals surface area contributed by atoms with Gasteiger partial charge in [0.15, 0.2) is 11.5 Å². The monoisotopic (exact) mass is 497 g/mol. The number of piperidine rings is 1. The van der Waals surface area contributed by atoms with Gasteiger partial charge in [0.25, 0.3) is 0 Å². The summed E-state index contributed by atoms with van der Waals surface area (Å²) >= 11 is 0. The van der Waals surface area contributed by atoms with Gasteiger partial charge >= 0.3 is 0 Å². The summed E-state index contributed by atoms with van der Waals surface area (Å²) < 4.78 is 6.50. The van der Waals surface area contributed by atoms with E-state index >= 15 is 0 Å². The molecule has 2 bridgehead atoms. The molecule has 0 saturated carbocycles. The number of benzene rings is 2. The van der Waals surface area contributed by atoms with Crippen molar-refractivity contribution >= 4 is 5.91 Å². The number of hydrogen-bond donors (Lipinski definition) is 2. The summed E-state index contributed by atoms with van der Waals surface area (Å²) in [5.74, 6) is 0.590. The number of rotatable bonds is 4. The van der Waals surface area contributed by atoms with Gasteiger partial charge in [-0.25, -0.2) is 0 Å². The predicted octanol–water partition coefficient (Wildman–Crippen LogP) is 2.82. The van der Waals surface area contributed by atoms with E-state index in [9.17, 15) is 15.0 Å². The van der Waals surface area contributed by atoms with Gasteiger partial charge in [0.2, 0.25) is 5.91 Å². The highest BCUT2D eigenvalue weighted by molar-refractivity contribution is 5.78. The minimum atomic E-state index is -1.09. The van der Waals surface area contributed by atoms with E-state index in [0.717, 1.165) is 29.9 Å². The van der Waals surface area contributed by atoms with Crippen LogP contribution in [0.15, 0.2) is 66.9 Å². The lowest BCUT2D eigenvalue weighted by Gasteiger charge is -2.60. The van der Waals surface area contributed by atoms with Crippen molar-refractivity contribution in [1.29, 1.82) is 0 Å². The normalized spacial score (nSPS) is 29.8. The lowest BCUT2D eigenvalue weighted by atomic mass is 9.52. The molecule has 4 atom stereocenters. The molecule has 3 aliphatic heterocycles. The molecule has 2 fully saturated rings. The molecule has 0 radical (unpaired) electrons. The number of carbonyl (C=O) groups excluding carboxylic acids is 1. The topological polar surface area (TPSA) is 86.1 Å². The number of nitrogens with zero attached hydrogens (tertiary/aromatic N) is 3. The van der Waals surface area contributed by atoms with E-state index in [2.05, 4.69) is 34.1 Å². The van der Waals surface area contributed by atoms with E-state index in [4.69, 9.17) is 4.74 Å². The molecule has 1 spiro atoms. The molecule has 2 N–H and O–H groups in total. The fraction of sp³-hybridized carbons (Fsp3) is 0.400. The number of aromatic nitrogens is 1. The maximum absolute atomic E-state index is 13.4. The first-order chi connectivity index (χ1) is 18.0. The van der Waals surface area contributed by atoms with Gasteiger partial charge in [-0.2, -0.15) is 0 Å². The van der Waals surface area contributed by atoms with Crippen LogP contribution < -0.4 is 4.74 Å². The first-order valence-corrected chi connectivity index (χ1v) is 13.2. The van der Waals surface area contributed by atoms with Crippen molar-refractivity contribution in [3.05, 3.63) is 89.2 Å². The van der Waals surface area contributed by atoms with Gasteiger partial charge in [0, 0.05) is 43.1 Å². The van der Waals surface area contributed by atoms with Crippen molar-refractivity contribution < 1.29 is 19.7 Å². The zero-order valence-electron chi connectivity index (χ0n) is 20.7. The number of pyridine rings is 1. The number of aromatic hydroxyl groups is 1. The van der Waals surface area contributed by atoms with Crippen LogP contribution in [0.25, 0.3) is 0 Å². The van der Waals surface area contributed by atoms with Gasteiger partial charge in [0.1, 0.15) is 6.10 Å². The largest absolute Gasteiger partial charge is 0.504 e. The third-order valence-corrected chi connectivity index (χ3v) is 9.24. The highest BCUT2D eigenvalue weighted by Crippen LogP contribution is 2.63. The second-order valence-electron chi connectivity index (χ2n) is 11.0. The number of phenols is 1. The Hall–Kier alpha value is -3.42. The van der Waals surface area contributed by atoms with E-state index in [-0.39, 0.29) is 24.1 Å². The first-order valence-electron chi connectivity index (χ1n) is 13.2. The third kappa shape index (κ3) is 3.27. The smallest absolute Gasteiger partial charge is 0.228 e. The minimum Gasteiger partial charge on any atom is -0.504 e. The van der Waals surface area contributed by atoms with Crippen LogP contribution >= 0.6 is 0 Å². The summed E-state index contributed by atoms with van der Waals surface area (Å²) in [5.41, 5.74) is 2.31. The van der Waals surface area contributed by atoms with Crippen LogP contribution in [0, 0.1) is 0 Å². The Bertz CT molecular complexity index is 1350. The van der Waals surface area contributed by atoms with Crippen LogP contribution in [-0.4, -0.2) is 68.3 Å². The average molecular weight is 498 g/mol. The van der Waals surface area contributed by atoms with Gasteiger partial charge in [-0.1, -0.05) is 42.5 Å². The summed E-state index contributed by atoms with van der Waals surface area (Å²) in [4.78, 5) is 22.0. The number of ether oxygens (including phenoxy) is 1.